The molecule has 0 aromatic carbocycles. The largest absolute Gasteiger partial charge is 0.418 e. The molecule has 0 spiro atoms. The first-order valence-corrected chi connectivity index (χ1v) is 12.6. The number of likely N-dealkylation sites (N-methyl/N-ethyl adjacent to an activating group) is 1. The van der Waals surface area contributed by atoms with E-state index in [0.29, 0.717) is 26.2 Å². The standard InChI is InChI=1S/C25H30F4N8O/c1-34(2)23(38)21-20(26)16-13-31-24(33-22(16)37(21)15-6-4-5-7-15)32-19-12-17(25(27,28)29)18(14-30-19)36-10-8-35(3)9-11-36/h12-15H,4-11H2,1-3H3,(H,30,31,32,33). The molecule has 1 amide bonds. The normalized spacial score (nSPS) is 17.4. The van der Waals surface area contributed by atoms with Gasteiger partial charge < -0.3 is 24.6 Å². The molecule has 3 aromatic rings. The van der Waals surface area contributed by atoms with E-state index in [-0.39, 0.29) is 40.2 Å². The number of halogens is 4. The second-order valence-corrected chi connectivity index (χ2v) is 10.1. The molecule has 204 valence electrons. The van der Waals surface area contributed by atoms with Crippen LogP contribution < -0.4 is 10.2 Å². The summed E-state index contributed by atoms with van der Waals surface area (Å²) < 4.78 is 59.1. The van der Waals surface area contributed by atoms with Crippen LogP contribution in [0.2, 0.25) is 0 Å². The van der Waals surface area contributed by atoms with E-state index in [1.165, 1.54) is 17.3 Å². The van der Waals surface area contributed by atoms with E-state index in [9.17, 15) is 18.0 Å². The summed E-state index contributed by atoms with van der Waals surface area (Å²) in [5.74, 6) is -1.31. The molecule has 38 heavy (non-hydrogen) atoms. The molecule has 4 heterocycles. The van der Waals surface area contributed by atoms with Crippen molar-refractivity contribution in [1.29, 1.82) is 0 Å². The number of carbonyl (C=O) groups is 1. The SMILES string of the molecule is CN1CCN(c2cnc(Nc3ncc4c(F)c(C(=O)N(C)C)n(C5CCCC5)c4n3)cc2C(F)(F)F)CC1. The molecule has 3 aromatic heterocycles. The zero-order valence-electron chi connectivity index (χ0n) is 21.5. The minimum absolute atomic E-state index is 0.0246. The maximum atomic E-state index is 15.4. The molecule has 1 N–H and O–H groups in total. The van der Waals surface area contributed by atoms with Crippen molar-refractivity contribution >= 4 is 34.4 Å². The molecule has 2 aliphatic rings. The van der Waals surface area contributed by atoms with Crippen LogP contribution in [-0.2, 0) is 6.18 Å². The Morgan fingerprint density at radius 2 is 1.76 bits per heavy atom. The molecule has 1 saturated heterocycles. The number of hydrogen-bond donors (Lipinski definition) is 1. The second-order valence-electron chi connectivity index (χ2n) is 10.1. The van der Waals surface area contributed by atoms with Crippen molar-refractivity contribution in [3.63, 3.8) is 0 Å². The molecule has 0 unspecified atom stereocenters. The molecule has 9 nitrogen and oxygen atoms in total. The quantitative estimate of drug-likeness (QED) is 0.489. The third-order valence-corrected chi connectivity index (χ3v) is 7.25. The lowest BCUT2D eigenvalue weighted by atomic mass is 10.1. The molecule has 13 heteroatoms. The number of alkyl halides is 3. The van der Waals surface area contributed by atoms with Gasteiger partial charge in [0.05, 0.1) is 22.8 Å². The van der Waals surface area contributed by atoms with Crippen LogP contribution in [0.1, 0.15) is 47.8 Å². The topological polar surface area (TPSA) is 82.4 Å². The van der Waals surface area contributed by atoms with Crippen molar-refractivity contribution in [2.24, 2.45) is 0 Å². The summed E-state index contributed by atoms with van der Waals surface area (Å²) in [4.78, 5) is 30.7. The third-order valence-electron chi connectivity index (χ3n) is 7.25. The van der Waals surface area contributed by atoms with Gasteiger partial charge in [0.1, 0.15) is 17.2 Å². The number of aromatic nitrogens is 4. The van der Waals surface area contributed by atoms with E-state index >= 15 is 4.39 Å². The monoisotopic (exact) mass is 534 g/mol. The predicted octanol–water partition coefficient (Wildman–Crippen LogP) is 4.30. The summed E-state index contributed by atoms with van der Waals surface area (Å²) in [6.45, 7) is 2.23. The fraction of sp³-hybridized carbons (Fsp3) is 0.520. The fourth-order valence-electron chi connectivity index (χ4n) is 5.19. The van der Waals surface area contributed by atoms with Crippen molar-refractivity contribution < 1.29 is 22.4 Å². The first-order chi connectivity index (χ1) is 18.0. The number of anilines is 3. The molecule has 0 bridgehead atoms. The van der Waals surface area contributed by atoms with Gasteiger partial charge >= 0.3 is 6.18 Å². The summed E-state index contributed by atoms with van der Waals surface area (Å²) in [7, 11) is 5.03. The molecule has 5 rings (SSSR count). The van der Waals surface area contributed by atoms with E-state index in [4.69, 9.17) is 0 Å². The third kappa shape index (κ3) is 4.86. The molecule has 1 saturated carbocycles. The Morgan fingerprint density at radius 3 is 2.39 bits per heavy atom. The molecule has 0 radical (unpaired) electrons. The van der Waals surface area contributed by atoms with Crippen LogP contribution in [0, 0.1) is 5.82 Å². The van der Waals surface area contributed by atoms with Gasteiger partial charge in [-0.05, 0) is 26.0 Å². The Hall–Kier alpha value is -3.48. The number of fused-ring (bicyclic) bond motifs is 1. The minimum atomic E-state index is -4.59. The zero-order valence-corrected chi connectivity index (χ0v) is 21.5. The first kappa shape index (κ1) is 26.1. The fourth-order valence-corrected chi connectivity index (χ4v) is 5.19. The lowest BCUT2D eigenvalue weighted by Crippen LogP contribution is -2.45. The van der Waals surface area contributed by atoms with Crippen LogP contribution in [0.15, 0.2) is 18.5 Å². The lowest BCUT2D eigenvalue weighted by Gasteiger charge is -2.35. The van der Waals surface area contributed by atoms with Gasteiger partial charge in [-0.1, -0.05) is 12.8 Å². The summed E-state index contributed by atoms with van der Waals surface area (Å²) >= 11 is 0. The van der Waals surface area contributed by atoms with Crippen LogP contribution in [0.25, 0.3) is 11.0 Å². The van der Waals surface area contributed by atoms with Crippen molar-refractivity contribution in [2.75, 3.05) is 57.5 Å². The van der Waals surface area contributed by atoms with E-state index < -0.39 is 23.5 Å². The molecular weight excluding hydrogens is 504 g/mol. The summed E-state index contributed by atoms with van der Waals surface area (Å²) in [5.41, 5.74) is -0.643. The average molecular weight is 535 g/mol. The summed E-state index contributed by atoms with van der Waals surface area (Å²) in [5, 5.41) is 2.84. The zero-order chi connectivity index (χ0) is 27.2. The Kier molecular flexibility index (Phi) is 6.88. The van der Waals surface area contributed by atoms with E-state index in [0.717, 1.165) is 31.7 Å². The van der Waals surface area contributed by atoms with Gasteiger partial charge in [-0.3, -0.25) is 4.79 Å². The number of nitrogens with one attached hydrogen (secondary N) is 1. The lowest BCUT2D eigenvalue weighted by molar-refractivity contribution is -0.137. The highest BCUT2D eigenvalue weighted by molar-refractivity contribution is 5.98. The Labute approximate surface area is 217 Å². The molecule has 2 fully saturated rings. The highest BCUT2D eigenvalue weighted by Gasteiger charge is 2.36. The van der Waals surface area contributed by atoms with Gasteiger partial charge in [0.15, 0.2) is 5.82 Å². The van der Waals surface area contributed by atoms with E-state index in [1.807, 2.05) is 7.05 Å². The van der Waals surface area contributed by atoms with Gasteiger partial charge in [0, 0.05) is 52.5 Å². The summed E-state index contributed by atoms with van der Waals surface area (Å²) in [6, 6.07) is 0.834. The maximum Gasteiger partial charge on any atom is 0.418 e. The summed E-state index contributed by atoms with van der Waals surface area (Å²) in [6.07, 6.45) is 1.31. The van der Waals surface area contributed by atoms with Gasteiger partial charge in [0.25, 0.3) is 5.91 Å². The Bertz CT molecular complexity index is 1340. The number of carbonyl (C=O) groups excluding carboxylic acids is 1. The first-order valence-electron chi connectivity index (χ1n) is 12.6. The number of nitrogens with zero attached hydrogens (tertiary/aromatic N) is 7. The van der Waals surface area contributed by atoms with Gasteiger partial charge in [-0.15, -0.1) is 0 Å². The number of pyridine rings is 1. The molecule has 0 atom stereocenters. The van der Waals surface area contributed by atoms with Crippen LogP contribution in [0.5, 0.6) is 0 Å². The number of hydrogen-bond acceptors (Lipinski definition) is 7. The van der Waals surface area contributed by atoms with Crippen molar-refractivity contribution in [2.45, 2.75) is 37.9 Å². The highest BCUT2D eigenvalue weighted by atomic mass is 19.4. The van der Waals surface area contributed by atoms with Crippen LogP contribution in [0.3, 0.4) is 0 Å². The van der Waals surface area contributed by atoms with Crippen LogP contribution >= 0.6 is 0 Å². The van der Waals surface area contributed by atoms with Crippen molar-refractivity contribution in [3.8, 4) is 0 Å². The van der Waals surface area contributed by atoms with E-state index in [1.54, 1.807) is 23.6 Å². The van der Waals surface area contributed by atoms with Crippen molar-refractivity contribution in [1.82, 2.24) is 29.3 Å². The van der Waals surface area contributed by atoms with Crippen LogP contribution in [0.4, 0.5) is 35.0 Å². The Morgan fingerprint density at radius 1 is 1.08 bits per heavy atom. The predicted molar refractivity (Wildman–Crippen MR) is 135 cm³/mol. The smallest absolute Gasteiger partial charge is 0.367 e. The molecule has 1 aliphatic carbocycles. The van der Waals surface area contributed by atoms with Crippen molar-refractivity contribution in [3.05, 3.63) is 35.5 Å². The van der Waals surface area contributed by atoms with Gasteiger partial charge in [-0.25, -0.2) is 14.4 Å². The maximum absolute atomic E-state index is 15.4. The molecule has 1 aliphatic heterocycles. The minimum Gasteiger partial charge on any atom is -0.367 e. The second kappa shape index (κ2) is 10.0. The van der Waals surface area contributed by atoms with Gasteiger partial charge in [0.2, 0.25) is 5.95 Å². The number of amides is 1. The van der Waals surface area contributed by atoms with Crippen LogP contribution in [-0.4, -0.2) is 82.5 Å². The average Bonchev–Trinajstić information content (AvgIpc) is 3.50. The van der Waals surface area contributed by atoms with E-state index in [2.05, 4.69) is 25.2 Å². The molecular formula is C25H30F4N8O. The Balaban J connectivity index is 1.52. The highest BCUT2D eigenvalue weighted by Crippen LogP contribution is 2.39. The number of rotatable bonds is 5. The number of piperazine rings is 1. The van der Waals surface area contributed by atoms with Gasteiger partial charge in [-0.2, -0.15) is 18.2 Å².